The molecule has 130 valence electrons. The van der Waals surface area contributed by atoms with Crippen LogP contribution < -0.4 is 10.6 Å². The summed E-state index contributed by atoms with van der Waals surface area (Å²) in [6, 6.07) is 3.47. The van der Waals surface area contributed by atoms with Crippen LogP contribution in [0.25, 0.3) is 0 Å². The Bertz CT molecular complexity index is 707. The lowest BCUT2D eigenvalue weighted by atomic mass is 9.97. The number of carbonyl (C=O) groups excluding carboxylic acids is 1. The molecule has 2 aromatic rings. The maximum absolute atomic E-state index is 12.5. The first kappa shape index (κ1) is 18.0. The highest BCUT2D eigenvalue weighted by Gasteiger charge is 2.22. The van der Waals surface area contributed by atoms with Crippen molar-refractivity contribution in [2.24, 2.45) is 13.0 Å². The number of hydrogen-bond acceptors (Lipinski definition) is 3. The van der Waals surface area contributed by atoms with Crippen molar-refractivity contribution in [2.75, 3.05) is 0 Å². The van der Waals surface area contributed by atoms with Gasteiger partial charge in [-0.1, -0.05) is 19.9 Å². The van der Waals surface area contributed by atoms with Crippen LogP contribution in [0.1, 0.15) is 55.4 Å². The second-order valence-corrected chi connectivity index (χ2v) is 6.61. The summed E-state index contributed by atoms with van der Waals surface area (Å²) in [5.74, 6) is 0.236. The van der Waals surface area contributed by atoms with E-state index in [0.717, 1.165) is 22.5 Å². The van der Waals surface area contributed by atoms with Crippen LogP contribution in [0.2, 0.25) is 0 Å². The van der Waals surface area contributed by atoms with Crippen LogP contribution in [-0.4, -0.2) is 20.8 Å². The van der Waals surface area contributed by atoms with Gasteiger partial charge < -0.3 is 10.6 Å². The number of pyridine rings is 1. The monoisotopic (exact) mass is 329 g/mol. The molecular formula is C18H27N5O. The molecule has 2 amide bonds. The van der Waals surface area contributed by atoms with Crippen LogP contribution in [0, 0.1) is 19.8 Å². The van der Waals surface area contributed by atoms with E-state index in [0.29, 0.717) is 0 Å². The van der Waals surface area contributed by atoms with Crippen molar-refractivity contribution in [1.82, 2.24) is 25.4 Å². The van der Waals surface area contributed by atoms with Gasteiger partial charge in [0.25, 0.3) is 0 Å². The molecule has 0 unspecified atom stereocenters. The van der Waals surface area contributed by atoms with Gasteiger partial charge in [-0.25, -0.2) is 4.79 Å². The number of aryl methyl sites for hydroxylation is 3. The van der Waals surface area contributed by atoms with Gasteiger partial charge in [0.15, 0.2) is 0 Å². The number of urea groups is 1. The van der Waals surface area contributed by atoms with Crippen molar-refractivity contribution in [2.45, 2.75) is 46.7 Å². The zero-order valence-electron chi connectivity index (χ0n) is 15.3. The van der Waals surface area contributed by atoms with E-state index < -0.39 is 0 Å². The summed E-state index contributed by atoms with van der Waals surface area (Å²) in [7, 11) is 1.88. The van der Waals surface area contributed by atoms with E-state index in [2.05, 4.69) is 34.6 Å². The summed E-state index contributed by atoms with van der Waals surface area (Å²) in [4.78, 5) is 16.9. The SMILES string of the molecule is Cc1cccnc1[C@H](NC(=O)N[C@@H](C)c1cn(C)nc1C)C(C)C. The first-order chi connectivity index (χ1) is 11.3. The van der Waals surface area contributed by atoms with Crippen molar-refractivity contribution in [3.63, 3.8) is 0 Å². The van der Waals surface area contributed by atoms with Gasteiger partial charge in [0.05, 0.1) is 23.5 Å². The quantitative estimate of drug-likeness (QED) is 0.885. The van der Waals surface area contributed by atoms with E-state index in [9.17, 15) is 4.79 Å². The van der Waals surface area contributed by atoms with E-state index in [1.54, 1.807) is 10.9 Å². The average Bonchev–Trinajstić information content (AvgIpc) is 2.84. The van der Waals surface area contributed by atoms with Crippen molar-refractivity contribution < 1.29 is 4.79 Å². The maximum Gasteiger partial charge on any atom is 0.315 e. The van der Waals surface area contributed by atoms with E-state index >= 15 is 0 Å². The Hall–Kier alpha value is -2.37. The summed E-state index contributed by atoms with van der Waals surface area (Å²) in [5.41, 5.74) is 3.93. The Balaban J connectivity index is 2.09. The third-order valence-corrected chi connectivity index (χ3v) is 4.16. The van der Waals surface area contributed by atoms with Crippen molar-refractivity contribution in [1.29, 1.82) is 0 Å². The maximum atomic E-state index is 12.5. The highest BCUT2D eigenvalue weighted by atomic mass is 16.2. The van der Waals surface area contributed by atoms with Crippen LogP contribution in [-0.2, 0) is 7.05 Å². The number of hydrogen-bond donors (Lipinski definition) is 2. The smallest absolute Gasteiger partial charge is 0.315 e. The predicted octanol–water partition coefficient (Wildman–Crippen LogP) is 3.19. The molecule has 0 radical (unpaired) electrons. The second-order valence-electron chi connectivity index (χ2n) is 6.61. The highest BCUT2D eigenvalue weighted by Crippen LogP contribution is 2.23. The largest absolute Gasteiger partial charge is 0.332 e. The average molecular weight is 329 g/mol. The molecule has 0 spiro atoms. The molecule has 2 atom stereocenters. The van der Waals surface area contributed by atoms with Crippen molar-refractivity contribution in [3.05, 3.63) is 47.0 Å². The van der Waals surface area contributed by atoms with E-state index in [1.807, 2.05) is 46.1 Å². The Morgan fingerprint density at radius 2 is 1.92 bits per heavy atom. The Morgan fingerprint density at radius 1 is 1.21 bits per heavy atom. The Kier molecular flexibility index (Phi) is 5.59. The normalized spacial score (nSPS) is 13.6. The van der Waals surface area contributed by atoms with Crippen molar-refractivity contribution in [3.8, 4) is 0 Å². The molecule has 0 saturated carbocycles. The standard InChI is InChI=1S/C18H27N5O/c1-11(2)16(17-12(3)8-7-9-19-17)21-18(24)20-13(4)15-10-23(6)22-14(15)5/h7-11,13,16H,1-6H3,(H2,20,21,24)/t13-,16+/m0/s1. The van der Waals surface area contributed by atoms with Gasteiger partial charge in [0, 0.05) is 25.0 Å². The summed E-state index contributed by atoms with van der Waals surface area (Å²) in [6.45, 7) is 10.1. The fourth-order valence-corrected chi connectivity index (χ4v) is 2.87. The molecule has 24 heavy (non-hydrogen) atoms. The van der Waals surface area contributed by atoms with Crippen LogP contribution in [0.15, 0.2) is 24.5 Å². The Morgan fingerprint density at radius 3 is 2.46 bits per heavy atom. The first-order valence-corrected chi connectivity index (χ1v) is 8.28. The van der Waals surface area contributed by atoms with E-state index in [1.165, 1.54) is 0 Å². The van der Waals surface area contributed by atoms with Crippen LogP contribution in [0.5, 0.6) is 0 Å². The molecule has 0 saturated heterocycles. The van der Waals surface area contributed by atoms with Gasteiger partial charge in [-0.05, 0) is 38.3 Å². The van der Waals surface area contributed by atoms with Gasteiger partial charge in [-0.2, -0.15) is 5.10 Å². The van der Waals surface area contributed by atoms with E-state index in [-0.39, 0.29) is 24.0 Å². The minimum atomic E-state index is -0.200. The lowest BCUT2D eigenvalue weighted by Gasteiger charge is -2.24. The van der Waals surface area contributed by atoms with Gasteiger partial charge >= 0.3 is 6.03 Å². The molecule has 0 aliphatic carbocycles. The molecule has 2 rings (SSSR count). The van der Waals surface area contributed by atoms with Gasteiger partial charge in [-0.3, -0.25) is 9.67 Å². The summed E-state index contributed by atoms with van der Waals surface area (Å²) in [6.07, 6.45) is 3.70. The minimum absolute atomic E-state index is 0.114. The topological polar surface area (TPSA) is 71.8 Å². The minimum Gasteiger partial charge on any atom is -0.332 e. The van der Waals surface area contributed by atoms with Gasteiger partial charge in [-0.15, -0.1) is 0 Å². The zero-order chi connectivity index (χ0) is 17.9. The molecule has 0 aromatic carbocycles. The van der Waals surface area contributed by atoms with Crippen LogP contribution in [0.3, 0.4) is 0 Å². The van der Waals surface area contributed by atoms with Gasteiger partial charge in [0.1, 0.15) is 0 Å². The molecule has 2 aromatic heterocycles. The summed E-state index contributed by atoms with van der Waals surface area (Å²) in [5, 5.41) is 10.4. The molecule has 0 aliphatic rings. The third-order valence-electron chi connectivity index (χ3n) is 4.16. The number of amides is 2. The Labute approximate surface area is 143 Å². The molecular weight excluding hydrogens is 302 g/mol. The van der Waals surface area contributed by atoms with Crippen LogP contribution >= 0.6 is 0 Å². The molecule has 6 nitrogen and oxygen atoms in total. The molecule has 0 bridgehead atoms. The zero-order valence-corrected chi connectivity index (χ0v) is 15.3. The lowest BCUT2D eigenvalue weighted by Crippen LogP contribution is -2.41. The van der Waals surface area contributed by atoms with Gasteiger partial charge in [0.2, 0.25) is 0 Å². The first-order valence-electron chi connectivity index (χ1n) is 8.28. The molecule has 2 N–H and O–H groups in total. The number of aromatic nitrogens is 3. The second kappa shape index (κ2) is 7.47. The fraction of sp³-hybridized carbons (Fsp3) is 0.500. The number of nitrogens with one attached hydrogen (secondary N) is 2. The molecule has 0 aliphatic heterocycles. The lowest BCUT2D eigenvalue weighted by molar-refractivity contribution is 0.229. The number of rotatable bonds is 5. The summed E-state index contributed by atoms with van der Waals surface area (Å²) >= 11 is 0. The number of nitrogens with zero attached hydrogens (tertiary/aromatic N) is 3. The predicted molar refractivity (Wildman–Crippen MR) is 94.6 cm³/mol. The molecule has 0 fully saturated rings. The fourth-order valence-electron chi connectivity index (χ4n) is 2.87. The number of carbonyl (C=O) groups is 1. The third kappa shape index (κ3) is 4.13. The van der Waals surface area contributed by atoms with Crippen molar-refractivity contribution >= 4 is 6.03 Å². The molecule has 2 heterocycles. The van der Waals surface area contributed by atoms with Crippen LogP contribution in [0.4, 0.5) is 4.79 Å². The highest BCUT2D eigenvalue weighted by molar-refractivity contribution is 5.75. The van der Waals surface area contributed by atoms with E-state index in [4.69, 9.17) is 0 Å². The molecule has 6 heteroatoms. The summed E-state index contributed by atoms with van der Waals surface area (Å²) < 4.78 is 1.76.